The molecule has 0 atom stereocenters. The molecule has 58 valence electrons. The third-order valence-electron chi connectivity index (χ3n) is 1.05. The zero-order chi connectivity index (χ0) is 8.27. The number of hydrogen-bond acceptors (Lipinski definition) is 3. The Balaban J connectivity index is 3.09. The molecule has 0 spiro atoms. The zero-order valence-electron chi connectivity index (χ0n) is 5.25. The molecule has 0 amide bonds. The normalized spacial score (nSPS) is 9.27. The maximum Gasteiger partial charge on any atom is 0.232 e. The summed E-state index contributed by atoms with van der Waals surface area (Å²) in [6.07, 6.45) is 0. The Morgan fingerprint density at radius 3 is 2.27 bits per heavy atom. The van der Waals surface area contributed by atoms with E-state index in [1.54, 1.807) is 0 Å². The number of halogens is 2. The third-order valence-corrected chi connectivity index (χ3v) is 1.05. The van der Waals surface area contributed by atoms with E-state index in [1.807, 2.05) is 5.34 Å². The Hall–Kier alpha value is -1.52. The molecule has 0 heterocycles. The quantitative estimate of drug-likeness (QED) is 0.489. The first-order valence-corrected chi connectivity index (χ1v) is 2.69. The minimum atomic E-state index is -0.954. The molecule has 0 fully saturated rings. The summed E-state index contributed by atoms with van der Waals surface area (Å²) in [5.74, 6) is -2.68. The van der Waals surface area contributed by atoms with Gasteiger partial charge in [0.2, 0.25) is 5.75 Å². The van der Waals surface area contributed by atoms with Crippen molar-refractivity contribution in [3.8, 4) is 5.75 Å². The van der Waals surface area contributed by atoms with Gasteiger partial charge in [0.15, 0.2) is 17.0 Å². The lowest BCUT2D eigenvalue weighted by atomic mass is 10.3. The lowest BCUT2D eigenvalue weighted by Crippen LogP contribution is -1.89. The van der Waals surface area contributed by atoms with Crippen molar-refractivity contribution in [3.63, 3.8) is 0 Å². The molecule has 1 aromatic rings. The van der Waals surface area contributed by atoms with Gasteiger partial charge in [-0.25, -0.2) is 8.78 Å². The van der Waals surface area contributed by atoms with Gasteiger partial charge in [-0.05, 0) is 12.1 Å². The smallest absolute Gasteiger partial charge is 0.232 e. The Kier molecular flexibility index (Phi) is 2.10. The van der Waals surface area contributed by atoms with Crippen LogP contribution in [0.4, 0.5) is 8.78 Å². The van der Waals surface area contributed by atoms with Gasteiger partial charge in [0.05, 0.1) is 0 Å². The summed E-state index contributed by atoms with van der Waals surface area (Å²) in [6, 6.07) is 3.08. The second-order valence-corrected chi connectivity index (χ2v) is 1.72. The van der Waals surface area contributed by atoms with Crippen LogP contribution >= 0.6 is 0 Å². The number of para-hydroxylation sites is 1. The van der Waals surface area contributed by atoms with Gasteiger partial charge in [-0.2, -0.15) is 0 Å². The van der Waals surface area contributed by atoms with Gasteiger partial charge in [-0.15, -0.1) is 4.91 Å². The highest BCUT2D eigenvalue weighted by Crippen LogP contribution is 2.20. The molecule has 5 heteroatoms. The van der Waals surface area contributed by atoms with E-state index in [4.69, 9.17) is 0 Å². The fourth-order valence-corrected chi connectivity index (χ4v) is 0.607. The molecule has 11 heavy (non-hydrogen) atoms. The van der Waals surface area contributed by atoms with Gasteiger partial charge in [-0.1, -0.05) is 6.07 Å². The molecule has 3 nitrogen and oxygen atoms in total. The molecule has 0 N–H and O–H groups in total. The number of nitrogens with zero attached hydrogens (tertiary/aromatic N) is 1. The predicted molar refractivity (Wildman–Crippen MR) is 32.8 cm³/mol. The van der Waals surface area contributed by atoms with E-state index >= 15 is 0 Å². The summed E-state index contributed by atoms with van der Waals surface area (Å²) >= 11 is 0. The largest absolute Gasteiger partial charge is 0.318 e. The lowest BCUT2D eigenvalue weighted by Gasteiger charge is -1.96. The van der Waals surface area contributed by atoms with Crippen LogP contribution in [-0.2, 0) is 0 Å². The number of rotatable bonds is 2. The van der Waals surface area contributed by atoms with Gasteiger partial charge in [-0.3, -0.25) is 0 Å². The van der Waals surface area contributed by atoms with Crippen molar-refractivity contribution in [1.82, 2.24) is 0 Å². The summed E-state index contributed by atoms with van der Waals surface area (Å²) in [6.45, 7) is 0. The molecule has 0 unspecified atom stereocenters. The maximum absolute atomic E-state index is 12.5. The van der Waals surface area contributed by atoms with E-state index in [-0.39, 0.29) is 0 Å². The fourth-order valence-electron chi connectivity index (χ4n) is 0.607. The van der Waals surface area contributed by atoms with Gasteiger partial charge < -0.3 is 4.84 Å². The summed E-state index contributed by atoms with van der Waals surface area (Å²) in [4.78, 5) is 13.3. The Morgan fingerprint density at radius 1 is 1.27 bits per heavy atom. The van der Waals surface area contributed by atoms with Crippen LogP contribution in [0.3, 0.4) is 0 Å². The monoisotopic (exact) mass is 159 g/mol. The van der Waals surface area contributed by atoms with Crippen LogP contribution in [0.15, 0.2) is 23.5 Å². The Bertz CT molecular complexity index is 257. The molecule has 0 aliphatic carbocycles. The van der Waals surface area contributed by atoms with Gasteiger partial charge >= 0.3 is 0 Å². The minimum absolute atomic E-state index is 0.775. The van der Waals surface area contributed by atoms with Crippen molar-refractivity contribution in [2.45, 2.75) is 0 Å². The topological polar surface area (TPSA) is 38.7 Å². The van der Waals surface area contributed by atoms with Crippen molar-refractivity contribution >= 4 is 0 Å². The van der Waals surface area contributed by atoms with E-state index in [0.29, 0.717) is 0 Å². The van der Waals surface area contributed by atoms with Gasteiger partial charge in [0.25, 0.3) is 0 Å². The molecule has 1 rings (SSSR count). The van der Waals surface area contributed by atoms with Crippen LogP contribution in [-0.4, -0.2) is 0 Å². The third kappa shape index (κ3) is 1.49. The van der Waals surface area contributed by atoms with Crippen LogP contribution < -0.4 is 4.84 Å². The van der Waals surface area contributed by atoms with Crippen molar-refractivity contribution in [2.24, 2.45) is 5.34 Å². The van der Waals surface area contributed by atoms with E-state index in [9.17, 15) is 13.7 Å². The summed E-state index contributed by atoms with van der Waals surface area (Å²) in [5, 5.41) is 1.90. The molecule has 0 saturated carbocycles. The van der Waals surface area contributed by atoms with Crippen molar-refractivity contribution in [1.29, 1.82) is 0 Å². The number of hydrogen-bond donors (Lipinski definition) is 0. The second kappa shape index (κ2) is 3.05. The molecule has 0 aromatic heterocycles. The SMILES string of the molecule is O=NOc1c(F)cccc1F. The first-order chi connectivity index (χ1) is 5.25. The highest BCUT2D eigenvalue weighted by Gasteiger charge is 2.09. The lowest BCUT2D eigenvalue weighted by molar-refractivity contribution is 0.297. The van der Waals surface area contributed by atoms with Crippen LogP contribution in [0.25, 0.3) is 0 Å². The van der Waals surface area contributed by atoms with Crippen LogP contribution in [0.1, 0.15) is 0 Å². The Labute approximate surface area is 60.5 Å². The Morgan fingerprint density at radius 2 is 1.82 bits per heavy atom. The predicted octanol–water partition coefficient (Wildman–Crippen LogP) is 2.03. The van der Waals surface area contributed by atoms with Gasteiger partial charge in [0.1, 0.15) is 0 Å². The maximum atomic E-state index is 12.5. The molecular weight excluding hydrogens is 156 g/mol. The van der Waals surface area contributed by atoms with Crippen LogP contribution in [0, 0.1) is 16.5 Å². The average Bonchev–Trinajstić information content (AvgIpc) is 1.97. The van der Waals surface area contributed by atoms with Crippen molar-refractivity contribution in [3.05, 3.63) is 34.7 Å². The van der Waals surface area contributed by atoms with Crippen LogP contribution in [0.2, 0.25) is 0 Å². The van der Waals surface area contributed by atoms with E-state index in [0.717, 1.165) is 18.2 Å². The molecule has 0 saturated heterocycles. The van der Waals surface area contributed by atoms with Gasteiger partial charge in [0, 0.05) is 0 Å². The molecule has 1 aromatic carbocycles. The zero-order valence-corrected chi connectivity index (χ0v) is 5.25. The highest BCUT2D eigenvalue weighted by molar-refractivity contribution is 5.25. The summed E-state index contributed by atoms with van der Waals surface area (Å²) in [5.41, 5.74) is 0. The average molecular weight is 159 g/mol. The number of benzene rings is 1. The van der Waals surface area contributed by atoms with E-state index in [1.165, 1.54) is 0 Å². The first-order valence-electron chi connectivity index (χ1n) is 2.69. The molecule has 0 aliphatic rings. The first kappa shape index (κ1) is 7.59. The minimum Gasteiger partial charge on any atom is -0.318 e. The molecule has 0 radical (unpaired) electrons. The van der Waals surface area contributed by atoms with E-state index < -0.39 is 17.4 Å². The summed E-state index contributed by atoms with van der Waals surface area (Å²) < 4.78 is 24.9. The molecule has 0 bridgehead atoms. The van der Waals surface area contributed by atoms with Crippen molar-refractivity contribution < 1.29 is 13.6 Å². The van der Waals surface area contributed by atoms with Crippen molar-refractivity contribution in [2.75, 3.05) is 0 Å². The molecule has 0 aliphatic heterocycles. The fraction of sp³-hybridized carbons (Fsp3) is 0. The molecular formula is C6H3F2NO2. The van der Waals surface area contributed by atoms with Crippen LogP contribution in [0.5, 0.6) is 5.75 Å². The van der Waals surface area contributed by atoms with E-state index in [2.05, 4.69) is 4.84 Å². The summed E-state index contributed by atoms with van der Waals surface area (Å²) in [7, 11) is 0. The highest BCUT2D eigenvalue weighted by atomic mass is 19.1. The standard InChI is InChI=1S/C6H3F2NO2/c7-4-2-1-3-5(8)6(4)11-9-10/h1-3H. The second-order valence-electron chi connectivity index (χ2n) is 1.72.